The van der Waals surface area contributed by atoms with Crippen molar-refractivity contribution in [3.63, 3.8) is 0 Å². The second-order valence-electron chi connectivity index (χ2n) is 15.9. The van der Waals surface area contributed by atoms with Crippen LogP contribution in [0.1, 0.15) is 33.4 Å². The molecule has 12 rings (SSSR count). The standard InChI is InChI=1S/C60H38/c1-6-20-39(21-7-1)50-37-53-54(38-51(50)40-22-8-2-9-23-40)59-58(44-34-35-49-47-32-17-16-30-45(47)46-31-18-19-33-48(46)52(49)36-44)56(42-26-12-4-13-27-42)57(43-28-14-5-15-29-43)60(59)55(53)41-24-10-3-11-25-41/h1-38H. The van der Waals surface area contributed by atoms with Gasteiger partial charge in [0, 0.05) is 0 Å². The quantitative estimate of drug-likeness (QED) is 0.148. The Morgan fingerprint density at radius 2 is 0.467 bits per heavy atom. The lowest BCUT2D eigenvalue weighted by Crippen LogP contribution is -1.97. The van der Waals surface area contributed by atoms with E-state index in [2.05, 4.69) is 231 Å². The Kier molecular flexibility index (Phi) is 7.96. The molecule has 0 atom stereocenters. The van der Waals surface area contributed by atoms with E-state index in [1.807, 2.05) is 0 Å². The van der Waals surface area contributed by atoms with Crippen LogP contribution in [0.4, 0.5) is 0 Å². The molecule has 0 nitrogen and oxygen atoms in total. The van der Waals surface area contributed by atoms with Crippen LogP contribution in [0.15, 0.2) is 236 Å². The van der Waals surface area contributed by atoms with E-state index >= 15 is 0 Å². The zero-order valence-corrected chi connectivity index (χ0v) is 32.9. The van der Waals surface area contributed by atoms with Crippen molar-refractivity contribution >= 4 is 60.2 Å². The van der Waals surface area contributed by atoms with Gasteiger partial charge < -0.3 is 0 Å². The number of allylic oxidation sites excluding steroid dienone is 5. The van der Waals surface area contributed by atoms with E-state index in [4.69, 9.17) is 0 Å². The Labute approximate surface area is 350 Å². The van der Waals surface area contributed by atoms with Gasteiger partial charge in [-0.25, -0.2) is 0 Å². The highest BCUT2D eigenvalue weighted by molar-refractivity contribution is 6.40. The molecule has 0 unspecified atom stereocenters. The summed E-state index contributed by atoms with van der Waals surface area (Å²) in [5, 5.41) is 7.67. The van der Waals surface area contributed by atoms with Crippen LogP contribution in [0.25, 0.3) is 82.4 Å². The third-order valence-electron chi connectivity index (χ3n) is 12.6. The molecule has 10 aromatic rings. The van der Waals surface area contributed by atoms with E-state index in [0.29, 0.717) is 0 Å². The van der Waals surface area contributed by atoms with Crippen LogP contribution in [0, 0.1) is 0 Å². The second kappa shape index (κ2) is 13.9. The maximum absolute atomic E-state index is 2.50. The highest BCUT2D eigenvalue weighted by Crippen LogP contribution is 2.62. The number of hydrogen-bond donors (Lipinski definition) is 0. The van der Waals surface area contributed by atoms with Crippen molar-refractivity contribution in [1.29, 1.82) is 0 Å². The summed E-state index contributed by atoms with van der Waals surface area (Å²) in [4.78, 5) is 0. The molecule has 278 valence electrons. The molecular weight excluding hydrogens is 721 g/mol. The number of hydrogen-bond acceptors (Lipinski definition) is 0. The van der Waals surface area contributed by atoms with E-state index < -0.39 is 0 Å². The van der Waals surface area contributed by atoms with Crippen LogP contribution < -0.4 is 0 Å². The van der Waals surface area contributed by atoms with Crippen molar-refractivity contribution in [1.82, 2.24) is 0 Å². The van der Waals surface area contributed by atoms with Crippen molar-refractivity contribution < 1.29 is 0 Å². The minimum atomic E-state index is 1.21. The fourth-order valence-corrected chi connectivity index (χ4v) is 10.0. The molecule has 0 heteroatoms. The van der Waals surface area contributed by atoms with Gasteiger partial charge in [-0.2, -0.15) is 0 Å². The molecule has 0 heterocycles. The average Bonchev–Trinajstić information content (AvgIpc) is 3.85. The predicted molar refractivity (Wildman–Crippen MR) is 255 cm³/mol. The average molecular weight is 759 g/mol. The normalized spacial score (nSPS) is 13.5. The zero-order chi connectivity index (χ0) is 39.6. The molecule has 0 saturated carbocycles. The molecule has 0 aromatic heterocycles. The van der Waals surface area contributed by atoms with Crippen molar-refractivity contribution in [3.05, 3.63) is 269 Å². The van der Waals surface area contributed by atoms with Gasteiger partial charge in [-0.3, -0.25) is 0 Å². The third kappa shape index (κ3) is 5.32. The van der Waals surface area contributed by atoms with Gasteiger partial charge in [0.15, 0.2) is 0 Å². The maximum atomic E-state index is 2.50. The fraction of sp³-hybridized carbons (Fsp3) is 0. The van der Waals surface area contributed by atoms with Crippen LogP contribution in [0.5, 0.6) is 0 Å². The first kappa shape index (κ1) is 34.3. The molecule has 0 radical (unpaired) electrons. The Balaban J connectivity index is 1.27. The Hall–Kier alpha value is -7.80. The van der Waals surface area contributed by atoms with Crippen LogP contribution >= 0.6 is 0 Å². The van der Waals surface area contributed by atoms with Gasteiger partial charge in [-0.05, 0) is 140 Å². The number of fused-ring (bicyclic) bond motifs is 9. The van der Waals surface area contributed by atoms with Gasteiger partial charge in [0.25, 0.3) is 0 Å². The molecular formula is C60H38. The lowest BCUT2D eigenvalue weighted by molar-refractivity contribution is 1.52. The summed E-state index contributed by atoms with van der Waals surface area (Å²) in [5.41, 5.74) is 19.9. The first-order valence-corrected chi connectivity index (χ1v) is 20.9. The Bertz CT molecular complexity index is 3370. The molecule has 0 amide bonds. The van der Waals surface area contributed by atoms with Gasteiger partial charge in [0.2, 0.25) is 0 Å². The minimum absolute atomic E-state index is 1.21. The van der Waals surface area contributed by atoms with Gasteiger partial charge in [0.1, 0.15) is 0 Å². The second-order valence-corrected chi connectivity index (χ2v) is 15.9. The van der Waals surface area contributed by atoms with Gasteiger partial charge in [0.05, 0.1) is 0 Å². The molecule has 10 aromatic carbocycles. The molecule has 0 bridgehead atoms. The molecule has 0 N–H and O–H groups in total. The molecule has 60 heavy (non-hydrogen) atoms. The summed E-state index contributed by atoms with van der Waals surface area (Å²) in [6.07, 6.45) is 0. The van der Waals surface area contributed by atoms with E-state index in [-0.39, 0.29) is 0 Å². The maximum Gasteiger partial charge on any atom is -0.000137 e. The third-order valence-corrected chi connectivity index (χ3v) is 12.6. The predicted octanol–water partition coefficient (Wildman–Crippen LogP) is 15.8. The Morgan fingerprint density at radius 3 is 0.917 bits per heavy atom. The first-order chi connectivity index (χ1) is 29.8. The minimum Gasteiger partial charge on any atom is -0.0622 e. The van der Waals surface area contributed by atoms with Crippen LogP contribution in [0.2, 0.25) is 0 Å². The first-order valence-electron chi connectivity index (χ1n) is 20.9. The van der Waals surface area contributed by atoms with E-state index in [1.165, 1.54) is 121 Å². The summed E-state index contributed by atoms with van der Waals surface area (Å²) in [5.74, 6) is 0. The molecule has 2 aliphatic carbocycles. The van der Waals surface area contributed by atoms with Crippen molar-refractivity contribution in [2.75, 3.05) is 0 Å². The van der Waals surface area contributed by atoms with Crippen molar-refractivity contribution in [2.45, 2.75) is 0 Å². The number of rotatable bonds is 6. The van der Waals surface area contributed by atoms with Crippen molar-refractivity contribution in [3.8, 4) is 22.3 Å². The highest BCUT2D eigenvalue weighted by Gasteiger charge is 2.41. The lowest BCUT2D eigenvalue weighted by Gasteiger charge is -2.19. The van der Waals surface area contributed by atoms with E-state index in [9.17, 15) is 0 Å². The highest BCUT2D eigenvalue weighted by atomic mass is 14.4. The SMILES string of the molecule is c1ccc(C2=C(c3ccccc3)C(c3ccc4c5ccccc5c5ccccc5c4c3)=C3C2=C(c2ccccc2)c2cc(-c4ccccc4)c(-c4ccccc4)cc23)cc1. The molecule has 0 fully saturated rings. The molecule has 2 aliphatic rings. The van der Waals surface area contributed by atoms with Crippen LogP contribution in [0.3, 0.4) is 0 Å². The monoisotopic (exact) mass is 758 g/mol. The van der Waals surface area contributed by atoms with Crippen LogP contribution in [-0.4, -0.2) is 0 Å². The fourth-order valence-electron chi connectivity index (χ4n) is 10.0. The summed E-state index contributed by atoms with van der Waals surface area (Å²) in [6, 6.07) is 85.1. The summed E-state index contributed by atoms with van der Waals surface area (Å²) >= 11 is 0. The molecule has 0 spiro atoms. The van der Waals surface area contributed by atoms with Gasteiger partial charge in [-0.1, -0.05) is 212 Å². The van der Waals surface area contributed by atoms with Crippen LogP contribution in [-0.2, 0) is 0 Å². The summed E-state index contributed by atoms with van der Waals surface area (Å²) in [7, 11) is 0. The number of benzene rings is 10. The Morgan fingerprint density at radius 1 is 0.150 bits per heavy atom. The largest absolute Gasteiger partial charge is 0.0622 e. The molecule has 0 saturated heterocycles. The van der Waals surface area contributed by atoms with E-state index in [1.54, 1.807) is 0 Å². The topological polar surface area (TPSA) is 0 Å². The summed E-state index contributed by atoms with van der Waals surface area (Å²) < 4.78 is 0. The molecule has 0 aliphatic heterocycles. The zero-order valence-electron chi connectivity index (χ0n) is 32.9. The van der Waals surface area contributed by atoms with E-state index in [0.717, 1.165) is 0 Å². The van der Waals surface area contributed by atoms with Crippen molar-refractivity contribution in [2.24, 2.45) is 0 Å². The lowest BCUT2D eigenvalue weighted by atomic mass is 9.84. The van der Waals surface area contributed by atoms with Gasteiger partial charge >= 0.3 is 0 Å². The smallest absolute Gasteiger partial charge is 0.000137 e. The summed E-state index contributed by atoms with van der Waals surface area (Å²) in [6.45, 7) is 0. The van der Waals surface area contributed by atoms with Gasteiger partial charge in [-0.15, -0.1) is 0 Å².